The van der Waals surface area contributed by atoms with Gasteiger partial charge in [-0.25, -0.2) is 0 Å². The van der Waals surface area contributed by atoms with Crippen molar-refractivity contribution in [3.63, 3.8) is 0 Å². The van der Waals surface area contributed by atoms with Crippen molar-refractivity contribution in [1.29, 1.82) is 0 Å². The van der Waals surface area contributed by atoms with E-state index in [1.54, 1.807) is 12.1 Å². The number of hydrogen-bond donors (Lipinski definition) is 1. The number of terminal acetylenes is 5. The molecule has 1 atom stereocenters. The molecule has 1 unspecified atom stereocenters. The molecule has 0 fully saturated rings. The smallest absolute Gasteiger partial charge is 0.163 e. The molecule has 1 aromatic carbocycles. The largest absolute Gasteiger partial charge is 0.477 e. The predicted molar refractivity (Wildman–Crippen MR) is 102 cm³/mol. The molecule has 1 aromatic rings. The minimum Gasteiger partial charge on any atom is -0.477 e. The first kappa shape index (κ1) is 20.6. The molecule has 0 aliphatic rings. The zero-order chi connectivity index (χ0) is 19.2. The van der Waals surface area contributed by atoms with Crippen LogP contribution in [0.4, 0.5) is 0 Å². The summed E-state index contributed by atoms with van der Waals surface area (Å²) in [5, 5.41) is 3.08. The molecule has 0 bridgehead atoms. The summed E-state index contributed by atoms with van der Waals surface area (Å²) in [5.74, 6) is 13.2. The van der Waals surface area contributed by atoms with Crippen LogP contribution < -0.4 is 14.8 Å². The normalized spacial score (nSPS) is 10.3. The molecule has 26 heavy (non-hydrogen) atoms. The first-order valence-corrected chi connectivity index (χ1v) is 7.68. The monoisotopic (exact) mass is 345 g/mol. The van der Waals surface area contributed by atoms with E-state index in [9.17, 15) is 0 Å². The minimum atomic E-state index is -0.430. The van der Waals surface area contributed by atoms with Crippen LogP contribution in [-0.2, 0) is 4.74 Å². The zero-order valence-electron chi connectivity index (χ0n) is 14.4. The van der Waals surface area contributed by atoms with E-state index in [0.717, 1.165) is 0 Å². The van der Waals surface area contributed by atoms with E-state index in [1.807, 2.05) is 0 Å². The van der Waals surface area contributed by atoms with Crippen LogP contribution in [0.3, 0.4) is 0 Å². The number of hydrogen-bond acceptors (Lipinski definition) is 4. The molecule has 0 aromatic heterocycles. The van der Waals surface area contributed by atoms with E-state index < -0.39 is 6.10 Å². The van der Waals surface area contributed by atoms with Gasteiger partial charge in [0.15, 0.2) is 11.5 Å². The second-order valence-corrected chi connectivity index (χ2v) is 4.85. The number of benzene rings is 1. The Bertz CT molecular complexity index is 806. The van der Waals surface area contributed by atoms with E-state index in [0.29, 0.717) is 35.7 Å². The molecule has 4 heteroatoms. The van der Waals surface area contributed by atoms with Crippen LogP contribution in [0.25, 0.3) is 0 Å². The highest BCUT2D eigenvalue weighted by atomic mass is 16.5. The van der Waals surface area contributed by atoms with Gasteiger partial charge in [0, 0.05) is 23.7 Å². The lowest BCUT2D eigenvalue weighted by atomic mass is 10.0. The summed E-state index contributed by atoms with van der Waals surface area (Å²) in [4.78, 5) is 0. The highest BCUT2D eigenvalue weighted by Crippen LogP contribution is 2.34. The number of ether oxygens (including phenoxy) is 3. The Hall–Kier alpha value is -3.46. The maximum Gasteiger partial charge on any atom is 0.163 e. The van der Waals surface area contributed by atoms with Crippen molar-refractivity contribution in [2.45, 2.75) is 6.10 Å². The maximum absolute atomic E-state index is 5.72. The van der Waals surface area contributed by atoms with E-state index >= 15 is 0 Å². The molecule has 4 nitrogen and oxygen atoms in total. The van der Waals surface area contributed by atoms with E-state index in [4.69, 9.17) is 46.3 Å². The first-order chi connectivity index (χ1) is 12.7. The molecule has 0 amide bonds. The lowest BCUT2D eigenvalue weighted by Gasteiger charge is -2.21. The second-order valence-electron chi connectivity index (χ2n) is 4.85. The van der Waals surface area contributed by atoms with Gasteiger partial charge in [-0.3, -0.25) is 0 Å². The summed E-state index contributed by atoms with van der Waals surface area (Å²) in [6.07, 6.45) is 26.3. The third kappa shape index (κ3) is 6.21. The van der Waals surface area contributed by atoms with E-state index in [1.165, 1.54) is 0 Å². The average Bonchev–Trinajstić information content (AvgIpc) is 2.67. The van der Waals surface area contributed by atoms with Crippen molar-refractivity contribution < 1.29 is 14.2 Å². The van der Waals surface area contributed by atoms with Crippen molar-refractivity contribution in [2.24, 2.45) is 0 Å². The van der Waals surface area contributed by atoms with Crippen LogP contribution in [0.15, 0.2) is 12.1 Å². The van der Waals surface area contributed by atoms with Crippen LogP contribution in [0.1, 0.15) is 17.2 Å². The number of nitrogens with one attached hydrogen (secondary N) is 1. The van der Waals surface area contributed by atoms with Crippen molar-refractivity contribution in [1.82, 2.24) is 5.32 Å². The molecule has 0 radical (unpaired) electrons. The molecule has 1 rings (SSSR count). The van der Waals surface area contributed by atoms with Crippen LogP contribution in [0.5, 0.6) is 11.5 Å². The summed E-state index contributed by atoms with van der Waals surface area (Å²) < 4.78 is 16.8. The van der Waals surface area contributed by atoms with Gasteiger partial charge >= 0.3 is 0 Å². The lowest BCUT2D eigenvalue weighted by molar-refractivity contribution is 0.0779. The average molecular weight is 345 g/mol. The Labute approximate surface area is 155 Å². The molecule has 0 aliphatic carbocycles. The van der Waals surface area contributed by atoms with Gasteiger partial charge in [-0.2, -0.15) is 0 Å². The molecule has 130 valence electrons. The Morgan fingerprint density at radius 1 is 0.846 bits per heavy atom. The van der Waals surface area contributed by atoms with Gasteiger partial charge in [-0.15, -0.1) is 32.1 Å². The van der Waals surface area contributed by atoms with Gasteiger partial charge in [0.1, 0.15) is 19.8 Å². The topological polar surface area (TPSA) is 39.7 Å². The Kier molecular flexibility index (Phi) is 9.49. The fourth-order valence-corrected chi connectivity index (χ4v) is 2.11. The Morgan fingerprint density at radius 2 is 1.46 bits per heavy atom. The van der Waals surface area contributed by atoms with Gasteiger partial charge < -0.3 is 19.5 Å². The molecular weight excluding hydrogens is 326 g/mol. The van der Waals surface area contributed by atoms with Crippen LogP contribution >= 0.6 is 0 Å². The second kappa shape index (κ2) is 12.0. The lowest BCUT2D eigenvalue weighted by Crippen LogP contribution is -2.24. The fraction of sp³-hybridized carbons (Fsp3) is 0.273. The predicted octanol–water partition coefficient (Wildman–Crippen LogP) is 1.61. The third-order valence-electron chi connectivity index (χ3n) is 3.16. The molecule has 0 heterocycles. The van der Waals surface area contributed by atoms with Gasteiger partial charge in [0.2, 0.25) is 0 Å². The quantitative estimate of drug-likeness (QED) is 0.517. The first-order valence-electron chi connectivity index (χ1n) is 7.68. The van der Waals surface area contributed by atoms with Crippen LogP contribution in [0, 0.1) is 61.7 Å². The Balaban J connectivity index is 3.29. The summed E-state index contributed by atoms with van der Waals surface area (Å²) in [6.45, 7) is 1.04. The highest BCUT2D eigenvalue weighted by molar-refractivity contribution is 5.54. The molecule has 0 saturated heterocycles. The summed E-state index contributed by atoms with van der Waals surface area (Å²) >= 11 is 0. The SMILES string of the molecule is C#CCNCC(OCC#C)c1cc(OCC#C)c(OCC#C)cc1C#C. The molecule has 0 saturated carbocycles. The van der Waals surface area contributed by atoms with E-state index in [-0.39, 0.29) is 19.8 Å². The maximum atomic E-state index is 5.72. The van der Waals surface area contributed by atoms with Crippen molar-refractivity contribution >= 4 is 0 Å². The van der Waals surface area contributed by atoms with Crippen molar-refractivity contribution in [3.05, 3.63) is 23.3 Å². The van der Waals surface area contributed by atoms with Gasteiger partial charge in [0.05, 0.1) is 12.6 Å². The molecule has 1 N–H and O–H groups in total. The minimum absolute atomic E-state index is 0.0620. The Morgan fingerprint density at radius 3 is 2.00 bits per heavy atom. The van der Waals surface area contributed by atoms with Gasteiger partial charge in [-0.1, -0.05) is 29.6 Å². The summed E-state index contributed by atoms with van der Waals surface area (Å²) in [5.41, 5.74) is 1.27. The van der Waals surface area contributed by atoms with Gasteiger partial charge in [-0.05, 0) is 6.07 Å². The fourth-order valence-electron chi connectivity index (χ4n) is 2.11. The standard InChI is InChI=1S/C22H19NO3/c1-6-11-23-17-22(26-14-9-4)19-16-21(25-13-8-3)20(24-12-7-2)15-18(19)10-5/h1-5,15-16,22-23H,11-14,17H2. The highest BCUT2D eigenvalue weighted by Gasteiger charge is 2.19. The van der Waals surface area contributed by atoms with Gasteiger partial charge in [0.25, 0.3) is 0 Å². The third-order valence-corrected chi connectivity index (χ3v) is 3.16. The van der Waals surface area contributed by atoms with Crippen LogP contribution in [0.2, 0.25) is 0 Å². The molecule has 0 aliphatic heterocycles. The van der Waals surface area contributed by atoms with Crippen molar-refractivity contribution in [3.8, 4) is 73.2 Å². The summed E-state index contributed by atoms with van der Waals surface area (Å²) in [7, 11) is 0. The number of rotatable bonds is 10. The van der Waals surface area contributed by atoms with E-state index in [2.05, 4.69) is 34.9 Å². The zero-order valence-corrected chi connectivity index (χ0v) is 14.4. The van der Waals surface area contributed by atoms with Crippen molar-refractivity contribution in [2.75, 3.05) is 32.9 Å². The molecular formula is C22H19NO3. The summed E-state index contributed by atoms with van der Waals surface area (Å²) in [6, 6.07) is 3.38. The van der Waals surface area contributed by atoms with Crippen LogP contribution in [-0.4, -0.2) is 32.9 Å². The molecule has 0 spiro atoms.